The van der Waals surface area contributed by atoms with Crippen LogP contribution >= 0.6 is 23.2 Å². The minimum Gasteiger partial charge on any atom is -0.310 e. The van der Waals surface area contributed by atoms with Crippen LogP contribution in [0.25, 0.3) is 0 Å². The Hall–Kier alpha value is -0.240. The van der Waals surface area contributed by atoms with Crippen LogP contribution < -0.4 is 5.32 Å². The summed E-state index contributed by atoms with van der Waals surface area (Å²) in [5, 5.41) is 5.07. The van der Waals surface area contributed by atoms with E-state index in [1.165, 1.54) is 19.3 Å². The molecular formula is C13H17Cl2N. The topological polar surface area (TPSA) is 12.0 Å². The van der Waals surface area contributed by atoms with Crippen LogP contribution in [-0.2, 0) is 6.54 Å². The molecule has 0 aliphatic heterocycles. The van der Waals surface area contributed by atoms with E-state index in [1.807, 2.05) is 18.2 Å². The number of hydrogen-bond acceptors (Lipinski definition) is 1. The molecule has 2 atom stereocenters. The Morgan fingerprint density at radius 1 is 1.25 bits per heavy atom. The van der Waals surface area contributed by atoms with Gasteiger partial charge in [0.25, 0.3) is 0 Å². The van der Waals surface area contributed by atoms with Crippen molar-refractivity contribution in [3.05, 3.63) is 33.8 Å². The van der Waals surface area contributed by atoms with Gasteiger partial charge in [-0.05, 0) is 30.9 Å². The molecule has 1 nitrogen and oxygen atoms in total. The van der Waals surface area contributed by atoms with E-state index in [2.05, 4.69) is 12.2 Å². The van der Waals surface area contributed by atoms with Crippen LogP contribution in [0.3, 0.4) is 0 Å². The largest absolute Gasteiger partial charge is 0.310 e. The lowest BCUT2D eigenvalue weighted by Crippen LogP contribution is -2.30. The molecule has 88 valence electrons. The second-order valence-corrected chi connectivity index (χ2v) is 5.41. The maximum Gasteiger partial charge on any atom is 0.0465 e. The fraction of sp³-hybridized carbons (Fsp3) is 0.538. The van der Waals surface area contributed by atoms with Crippen molar-refractivity contribution >= 4 is 23.2 Å². The van der Waals surface area contributed by atoms with Crippen molar-refractivity contribution in [3.8, 4) is 0 Å². The average molecular weight is 258 g/mol. The molecular weight excluding hydrogens is 241 g/mol. The molecule has 2 rings (SSSR count). The zero-order chi connectivity index (χ0) is 11.5. The third-order valence-electron chi connectivity index (χ3n) is 3.46. The van der Waals surface area contributed by atoms with Gasteiger partial charge in [-0.25, -0.2) is 0 Å². The van der Waals surface area contributed by atoms with Crippen LogP contribution in [0, 0.1) is 5.92 Å². The lowest BCUT2D eigenvalue weighted by atomic mass is 10.1. The van der Waals surface area contributed by atoms with Crippen LogP contribution in [0.5, 0.6) is 0 Å². The number of nitrogens with one attached hydrogen (secondary N) is 1. The molecule has 1 aliphatic carbocycles. The minimum atomic E-state index is 0.618. The minimum absolute atomic E-state index is 0.618. The molecule has 2 unspecified atom stereocenters. The second kappa shape index (κ2) is 5.39. The molecule has 1 fully saturated rings. The number of hydrogen-bond donors (Lipinski definition) is 1. The van der Waals surface area contributed by atoms with Crippen LogP contribution in [0.4, 0.5) is 0 Å². The Morgan fingerprint density at radius 3 is 2.50 bits per heavy atom. The van der Waals surface area contributed by atoms with E-state index in [0.717, 1.165) is 28.1 Å². The summed E-state index contributed by atoms with van der Waals surface area (Å²) in [6.07, 6.45) is 3.92. The molecule has 0 heterocycles. The first-order valence-electron chi connectivity index (χ1n) is 5.84. The predicted molar refractivity (Wildman–Crippen MR) is 70.1 cm³/mol. The molecule has 1 aliphatic rings. The fourth-order valence-electron chi connectivity index (χ4n) is 2.38. The summed E-state index contributed by atoms with van der Waals surface area (Å²) in [5.41, 5.74) is 1.02. The van der Waals surface area contributed by atoms with Crippen LogP contribution in [-0.4, -0.2) is 6.04 Å². The molecule has 1 saturated carbocycles. The third-order valence-corrected chi connectivity index (χ3v) is 4.17. The molecule has 1 aromatic rings. The van der Waals surface area contributed by atoms with Gasteiger partial charge in [-0.2, -0.15) is 0 Å². The zero-order valence-electron chi connectivity index (χ0n) is 9.47. The van der Waals surface area contributed by atoms with Gasteiger partial charge in [0.1, 0.15) is 0 Å². The smallest absolute Gasteiger partial charge is 0.0465 e. The van der Waals surface area contributed by atoms with Crippen molar-refractivity contribution in [2.75, 3.05) is 0 Å². The molecule has 0 spiro atoms. The number of halogens is 2. The van der Waals surface area contributed by atoms with E-state index in [1.54, 1.807) is 0 Å². The van der Waals surface area contributed by atoms with E-state index < -0.39 is 0 Å². The van der Waals surface area contributed by atoms with Gasteiger partial charge >= 0.3 is 0 Å². The van der Waals surface area contributed by atoms with E-state index >= 15 is 0 Å². The van der Waals surface area contributed by atoms with Crippen LogP contribution in [0.2, 0.25) is 10.0 Å². The highest BCUT2D eigenvalue weighted by atomic mass is 35.5. The van der Waals surface area contributed by atoms with Crippen molar-refractivity contribution in [2.45, 2.75) is 38.8 Å². The van der Waals surface area contributed by atoms with Gasteiger partial charge in [0.2, 0.25) is 0 Å². The standard InChI is InChI=1S/C13H17Cl2N/c1-9-4-2-7-13(9)16-8-10-11(14)5-3-6-12(10)15/h3,5-6,9,13,16H,2,4,7-8H2,1H3. The summed E-state index contributed by atoms with van der Waals surface area (Å²) < 4.78 is 0. The Labute approximate surface area is 107 Å². The molecule has 0 radical (unpaired) electrons. The quantitative estimate of drug-likeness (QED) is 0.853. The molecule has 0 saturated heterocycles. The van der Waals surface area contributed by atoms with E-state index in [4.69, 9.17) is 23.2 Å². The highest BCUT2D eigenvalue weighted by Gasteiger charge is 2.22. The van der Waals surface area contributed by atoms with Gasteiger partial charge in [0.15, 0.2) is 0 Å². The maximum atomic E-state index is 6.13. The van der Waals surface area contributed by atoms with Gasteiger partial charge in [0.05, 0.1) is 0 Å². The fourth-order valence-corrected chi connectivity index (χ4v) is 2.91. The van der Waals surface area contributed by atoms with Crippen molar-refractivity contribution in [2.24, 2.45) is 5.92 Å². The van der Waals surface area contributed by atoms with Gasteiger partial charge in [0, 0.05) is 28.2 Å². The molecule has 1 N–H and O–H groups in total. The summed E-state index contributed by atoms with van der Waals surface area (Å²) in [6.45, 7) is 3.08. The normalized spacial score (nSPS) is 24.9. The predicted octanol–water partition coefficient (Wildman–Crippen LogP) is 4.27. The van der Waals surface area contributed by atoms with Gasteiger partial charge < -0.3 is 5.32 Å². The third kappa shape index (κ3) is 2.71. The Morgan fingerprint density at radius 2 is 1.94 bits per heavy atom. The molecule has 16 heavy (non-hydrogen) atoms. The molecule has 3 heteroatoms. The molecule has 0 bridgehead atoms. The first-order valence-corrected chi connectivity index (χ1v) is 6.60. The van der Waals surface area contributed by atoms with Gasteiger partial charge in [-0.15, -0.1) is 0 Å². The maximum absolute atomic E-state index is 6.13. The highest BCUT2D eigenvalue weighted by Crippen LogP contribution is 2.27. The summed E-state index contributed by atoms with van der Waals surface area (Å²) in [6, 6.07) is 6.28. The number of benzene rings is 1. The van der Waals surface area contributed by atoms with Crippen LogP contribution in [0.1, 0.15) is 31.7 Å². The Bertz CT molecular complexity index is 345. The average Bonchev–Trinajstić information content (AvgIpc) is 2.64. The summed E-state index contributed by atoms with van der Waals surface area (Å²) in [4.78, 5) is 0. The number of rotatable bonds is 3. The molecule has 1 aromatic carbocycles. The van der Waals surface area contributed by atoms with Gasteiger partial charge in [-0.3, -0.25) is 0 Å². The Kier molecular flexibility index (Phi) is 4.12. The van der Waals surface area contributed by atoms with Gasteiger partial charge in [-0.1, -0.05) is 42.6 Å². The monoisotopic (exact) mass is 257 g/mol. The second-order valence-electron chi connectivity index (χ2n) is 4.60. The SMILES string of the molecule is CC1CCCC1NCc1c(Cl)cccc1Cl. The van der Waals surface area contributed by atoms with Crippen molar-refractivity contribution < 1.29 is 0 Å². The van der Waals surface area contributed by atoms with Crippen molar-refractivity contribution in [1.29, 1.82) is 0 Å². The van der Waals surface area contributed by atoms with Crippen LogP contribution in [0.15, 0.2) is 18.2 Å². The first-order chi connectivity index (χ1) is 7.68. The lowest BCUT2D eigenvalue weighted by Gasteiger charge is -2.18. The van der Waals surface area contributed by atoms with E-state index in [-0.39, 0.29) is 0 Å². The zero-order valence-corrected chi connectivity index (χ0v) is 11.0. The lowest BCUT2D eigenvalue weighted by molar-refractivity contribution is 0.426. The van der Waals surface area contributed by atoms with E-state index in [9.17, 15) is 0 Å². The summed E-state index contributed by atoms with van der Waals surface area (Å²) in [5.74, 6) is 0.765. The van der Waals surface area contributed by atoms with E-state index in [0.29, 0.717) is 6.04 Å². The van der Waals surface area contributed by atoms with Crippen molar-refractivity contribution in [3.63, 3.8) is 0 Å². The van der Waals surface area contributed by atoms with Crippen molar-refractivity contribution in [1.82, 2.24) is 5.32 Å². The molecule has 0 amide bonds. The molecule has 0 aromatic heterocycles. The Balaban J connectivity index is 1.99. The highest BCUT2D eigenvalue weighted by molar-refractivity contribution is 6.35. The first kappa shape index (κ1) is 12.2. The summed E-state index contributed by atoms with van der Waals surface area (Å²) in [7, 11) is 0. The summed E-state index contributed by atoms with van der Waals surface area (Å²) >= 11 is 12.3.